The van der Waals surface area contributed by atoms with Gasteiger partial charge in [0.25, 0.3) is 11.6 Å². The molecule has 20 heavy (non-hydrogen) atoms. The standard InChI is InChI=1S/C13H10N2O3S2/c1-14-12(16)11(20-13(14)19)4-2-3-9-5-7-10(8-6-9)15(17)18/h2-8H,1H3. The highest BCUT2D eigenvalue weighted by atomic mass is 32.2. The van der Waals surface area contributed by atoms with E-state index in [0.717, 1.165) is 5.56 Å². The third kappa shape index (κ3) is 3.12. The van der Waals surface area contributed by atoms with Gasteiger partial charge >= 0.3 is 0 Å². The fourth-order valence-electron chi connectivity index (χ4n) is 1.51. The molecule has 2 rings (SSSR count). The van der Waals surface area contributed by atoms with Crippen LogP contribution in [0.25, 0.3) is 6.08 Å². The molecule has 102 valence electrons. The molecule has 0 radical (unpaired) electrons. The minimum atomic E-state index is -0.444. The zero-order valence-corrected chi connectivity index (χ0v) is 12.1. The molecule has 1 heterocycles. The third-order valence-corrected chi connectivity index (χ3v) is 4.13. The maximum atomic E-state index is 11.7. The highest BCUT2D eigenvalue weighted by Gasteiger charge is 2.27. The third-order valence-electron chi connectivity index (χ3n) is 2.63. The first-order chi connectivity index (χ1) is 9.49. The molecule has 1 saturated heterocycles. The van der Waals surface area contributed by atoms with Gasteiger partial charge in [-0.1, -0.05) is 36.1 Å². The zero-order chi connectivity index (χ0) is 14.7. The fraction of sp³-hybridized carbons (Fsp3) is 0.0769. The van der Waals surface area contributed by atoms with Gasteiger partial charge in [0.2, 0.25) is 0 Å². The molecule has 1 aliphatic rings. The number of hydrogen-bond donors (Lipinski definition) is 0. The highest BCUT2D eigenvalue weighted by Crippen LogP contribution is 2.29. The molecule has 0 saturated carbocycles. The number of allylic oxidation sites excluding steroid dienone is 2. The Hall–Kier alpha value is -1.99. The number of nitrogens with zero attached hydrogens (tertiary/aromatic N) is 2. The summed E-state index contributed by atoms with van der Waals surface area (Å²) in [7, 11) is 1.64. The van der Waals surface area contributed by atoms with Crippen molar-refractivity contribution < 1.29 is 9.72 Å². The first-order valence-electron chi connectivity index (χ1n) is 5.62. The topological polar surface area (TPSA) is 63.5 Å². The number of carbonyl (C=O) groups is 1. The largest absolute Gasteiger partial charge is 0.296 e. The van der Waals surface area contributed by atoms with E-state index < -0.39 is 4.92 Å². The molecule has 0 aliphatic carbocycles. The van der Waals surface area contributed by atoms with Gasteiger partial charge in [-0.2, -0.15) is 0 Å². The van der Waals surface area contributed by atoms with Crippen molar-refractivity contribution in [3.05, 3.63) is 57.0 Å². The van der Waals surface area contributed by atoms with E-state index in [-0.39, 0.29) is 11.6 Å². The van der Waals surface area contributed by atoms with Crippen molar-refractivity contribution in [2.75, 3.05) is 7.05 Å². The Kier molecular flexibility index (Phi) is 4.31. The number of nitro groups is 1. The fourth-order valence-corrected chi connectivity index (χ4v) is 2.64. The molecule has 0 atom stereocenters. The Morgan fingerprint density at radius 2 is 2.00 bits per heavy atom. The van der Waals surface area contributed by atoms with Crippen molar-refractivity contribution >= 4 is 46.0 Å². The number of likely N-dealkylation sites (N-methyl/N-ethyl adjacent to an activating group) is 1. The molecule has 1 aromatic carbocycles. The minimum absolute atomic E-state index is 0.0500. The second-order valence-electron chi connectivity index (χ2n) is 3.97. The second kappa shape index (κ2) is 5.98. The van der Waals surface area contributed by atoms with Gasteiger partial charge in [0.15, 0.2) is 0 Å². The predicted molar refractivity (Wildman–Crippen MR) is 83.2 cm³/mol. The Morgan fingerprint density at radius 1 is 1.35 bits per heavy atom. The van der Waals surface area contributed by atoms with Crippen LogP contribution in [-0.4, -0.2) is 27.1 Å². The summed E-state index contributed by atoms with van der Waals surface area (Å²) < 4.78 is 0.532. The minimum Gasteiger partial charge on any atom is -0.296 e. The van der Waals surface area contributed by atoms with Crippen LogP contribution in [-0.2, 0) is 4.79 Å². The molecule has 0 bridgehead atoms. The Bertz CT molecular complexity index is 636. The van der Waals surface area contributed by atoms with Gasteiger partial charge in [0.05, 0.1) is 9.83 Å². The smallest absolute Gasteiger partial charge is 0.269 e. The lowest BCUT2D eigenvalue weighted by atomic mass is 10.2. The summed E-state index contributed by atoms with van der Waals surface area (Å²) in [6.45, 7) is 0. The van der Waals surface area contributed by atoms with E-state index in [9.17, 15) is 14.9 Å². The van der Waals surface area contributed by atoms with Gasteiger partial charge in [-0.25, -0.2) is 0 Å². The van der Waals surface area contributed by atoms with E-state index in [1.165, 1.54) is 28.8 Å². The number of thiocarbonyl (C=S) groups is 1. The highest BCUT2D eigenvalue weighted by molar-refractivity contribution is 8.26. The summed E-state index contributed by atoms with van der Waals surface area (Å²) in [6.07, 6.45) is 5.18. The van der Waals surface area contributed by atoms with Crippen molar-refractivity contribution in [3.8, 4) is 0 Å². The molecule has 1 amide bonds. The summed E-state index contributed by atoms with van der Waals surface area (Å²) in [4.78, 5) is 23.8. The van der Waals surface area contributed by atoms with Crippen molar-refractivity contribution in [2.24, 2.45) is 0 Å². The SMILES string of the molecule is CN1C(=O)C(=CC=Cc2ccc([N+](=O)[O-])cc2)SC1=S. The molecular formula is C13H10N2O3S2. The van der Waals surface area contributed by atoms with E-state index in [0.29, 0.717) is 9.23 Å². The van der Waals surface area contributed by atoms with E-state index in [1.54, 1.807) is 37.4 Å². The van der Waals surface area contributed by atoms with Crippen LogP contribution >= 0.6 is 24.0 Å². The van der Waals surface area contributed by atoms with Crippen LogP contribution in [0.4, 0.5) is 5.69 Å². The van der Waals surface area contributed by atoms with Crippen molar-refractivity contribution in [1.29, 1.82) is 0 Å². The van der Waals surface area contributed by atoms with Crippen LogP contribution < -0.4 is 0 Å². The van der Waals surface area contributed by atoms with Gasteiger partial charge in [-0.3, -0.25) is 19.8 Å². The van der Waals surface area contributed by atoms with Gasteiger partial charge in [-0.05, 0) is 23.8 Å². The summed E-state index contributed by atoms with van der Waals surface area (Å²) in [5.41, 5.74) is 0.868. The molecular weight excluding hydrogens is 296 g/mol. The Balaban J connectivity index is 2.09. The predicted octanol–water partition coefficient (Wildman–Crippen LogP) is 2.98. The normalized spacial score (nSPS) is 17.4. The monoisotopic (exact) mass is 306 g/mol. The van der Waals surface area contributed by atoms with Crippen molar-refractivity contribution in [3.63, 3.8) is 0 Å². The number of hydrogen-bond acceptors (Lipinski definition) is 5. The van der Waals surface area contributed by atoms with Gasteiger partial charge in [0, 0.05) is 19.2 Å². The summed E-state index contributed by atoms with van der Waals surface area (Å²) in [5, 5.41) is 10.5. The molecule has 1 fully saturated rings. The van der Waals surface area contributed by atoms with E-state index in [4.69, 9.17) is 12.2 Å². The number of non-ortho nitro benzene ring substituents is 1. The molecule has 7 heteroatoms. The first kappa shape index (κ1) is 14.4. The Morgan fingerprint density at radius 3 is 2.50 bits per heavy atom. The molecule has 1 aromatic rings. The second-order valence-corrected chi connectivity index (χ2v) is 5.65. The van der Waals surface area contributed by atoms with Crippen molar-refractivity contribution in [2.45, 2.75) is 0 Å². The number of rotatable bonds is 3. The molecule has 0 unspecified atom stereocenters. The number of carbonyl (C=O) groups excluding carboxylic acids is 1. The number of benzene rings is 1. The van der Waals surface area contributed by atoms with Gasteiger partial charge < -0.3 is 0 Å². The molecule has 1 aliphatic heterocycles. The first-order valence-corrected chi connectivity index (χ1v) is 6.84. The quantitative estimate of drug-likeness (QED) is 0.372. The average molecular weight is 306 g/mol. The maximum absolute atomic E-state index is 11.7. The van der Waals surface area contributed by atoms with Gasteiger partial charge in [0.1, 0.15) is 4.32 Å². The molecule has 0 N–H and O–H groups in total. The lowest BCUT2D eigenvalue weighted by Gasteiger charge is -2.03. The van der Waals surface area contributed by atoms with Gasteiger partial charge in [-0.15, -0.1) is 0 Å². The van der Waals surface area contributed by atoms with Crippen LogP contribution in [0.15, 0.2) is 41.3 Å². The average Bonchev–Trinajstić information content (AvgIpc) is 2.67. The summed E-state index contributed by atoms with van der Waals surface area (Å²) in [6, 6.07) is 6.16. The number of amides is 1. The summed E-state index contributed by atoms with van der Waals surface area (Å²) in [5.74, 6) is -0.117. The van der Waals surface area contributed by atoms with Crippen LogP contribution in [0.2, 0.25) is 0 Å². The van der Waals surface area contributed by atoms with Crippen LogP contribution in [0, 0.1) is 10.1 Å². The zero-order valence-electron chi connectivity index (χ0n) is 10.5. The lowest BCUT2D eigenvalue weighted by molar-refractivity contribution is -0.384. The van der Waals surface area contributed by atoms with E-state index in [2.05, 4.69) is 0 Å². The van der Waals surface area contributed by atoms with Crippen LogP contribution in [0.1, 0.15) is 5.56 Å². The number of nitro benzene ring substituents is 1. The van der Waals surface area contributed by atoms with E-state index in [1.807, 2.05) is 0 Å². The summed E-state index contributed by atoms with van der Waals surface area (Å²) >= 11 is 6.27. The molecule has 0 aromatic heterocycles. The molecule has 0 spiro atoms. The van der Waals surface area contributed by atoms with Crippen molar-refractivity contribution in [1.82, 2.24) is 4.90 Å². The van der Waals surface area contributed by atoms with Crippen LogP contribution in [0.5, 0.6) is 0 Å². The van der Waals surface area contributed by atoms with Crippen LogP contribution in [0.3, 0.4) is 0 Å². The van der Waals surface area contributed by atoms with E-state index >= 15 is 0 Å². The molecule has 5 nitrogen and oxygen atoms in total. The lowest BCUT2D eigenvalue weighted by Crippen LogP contribution is -2.22. The Labute approximate surface area is 125 Å². The maximum Gasteiger partial charge on any atom is 0.269 e. The number of thioether (sulfide) groups is 1.